The Kier molecular flexibility index (Phi) is 16.2. The van der Waals surface area contributed by atoms with Crippen LogP contribution in [0, 0.1) is 5.92 Å². The van der Waals surface area contributed by atoms with Gasteiger partial charge in [0.1, 0.15) is 11.7 Å². The first kappa shape index (κ1) is 34.8. The van der Waals surface area contributed by atoms with E-state index in [-0.39, 0.29) is 37.0 Å². The van der Waals surface area contributed by atoms with E-state index in [1.165, 1.54) is 39.5 Å². The van der Waals surface area contributed by atoms with Crippen LogP contribution in [-0.4, -0.2) is 66.3 Å². The molecule has 0 aromatic heterocycles. The molecule has 9 nitrogen and oxygen atoms in total. The lowest BCUT2D eigenvalue weighted by atomic mass is 9.69. The Morgan fingerprint density at radius 3 is 2.38 bits per heavy atom. The molecule has 1 aliphatic carbocycles. The lowest BCUT2D eigenvalue weighted by Gasteiger charge is -2.44. The van der Waals surface area contributed by atoms with Gasteiger partial charge in [-0.1, -0.05) is 62.8 Å². The van der Waals surface area contributed by atoms with Crippen molar-refractivity contribution in [2.24, 2.45) is 5.92 Å². The highest BCUT2D eigenvalue weighted by atomic mass is 35.5. The first-order chi connectivity index (χ1) is 18.5. The average Bonchev–Trinajstić information content (AvgIpc) is 2.86. The number of allylic oxidation sites excluding steroid dienone is 1. The van der Waals surface area contributed by atoms with Crippen LogP contribution in [0.4, 0.5) is 0 Å². The molecule has 0 radical (unpaired) electrons. The van der Waals surface area contributed by atoms with Gasteiger partial charge in [-0.3, -0.25) is 19.2 Å². The summed E-state index contributed by atoms with van der Waals surface area (Å²) >= 11 is 6.02. The number of rotatable bonds is 17. The fourth-order valence-corrected chi connectivity index (χ4v) is 5.02. The molecule has 1 rings (SSSR count). The van der Waals surface area contributed by atoms with Crippen LogP contribution in [0.5, 0.6) is 0 Å². The molecular weight excluding hydrogens is 526 g/mol. The van der Waals surface area contributed by atoms with Crippen molar-refractivity contribution in [3.8, 4) is 0 Å². The van der Waals surface area contributed by atoms with Gasteiger partial charge in [0, 0.05) is 45.9 Å². The lowest BCUT2D eigenvalue weighted by Crippen LogP contribution is -2.60. The number of ketones is 1. The SMILES string of the molecule is CCCCCCCC(CC=CCCC(=O)NCC(=CCl)C1C(=O)C(OC(C)=O)CC(OC(C)=O)C1(C)O)OC. The standard InChI is InChI=1S/C29H46ClNO8/c1-6-7-8-9-11-14-23(37-5)15-12-10-13-16-26(34)31-19-22(18-30)27-28(35)24(38-20(2)32)17-25(29(27,4)36)39-21(3)33/h10,12,18,23-25,27,36H,6-9,11,13-17,19H2,1-5H3,(H,31,34). The Balaban J connectivity index is 2.67. The fraction of sp³-hybridized carbons (Fsp3) is 0.724. The third-order valence-corrected chi connectivity index (χ3v) is 7.23. The third kappa shape index (κ3) is 12.2. The number of carbonyl (C=O) groups is 4. The fourth-order valence-electron chi connectivity index (χ4n) is 4.82. The first-order valence-electron chi connectivity index (χ1n) is 13.8. The molecule has 1 aliphatic rings. The molecule has 0 bridgehead atoms. The highest BCUT2D eigenvalue weighted by Crippen LogP contribution is 2.39. The second-order valence-corrected chi connectivity index (χ2v) is 10.5. The summed E-state index contributed by atoms with van der Waals surface area (Å²) in [6.45, 7) is 5.79. The molecule has 1 amide bonds. The molecule has 222 valence electrons. The van der Waals surface area contributed by atoms with Gasteiger partial charge in [-0.2, -0.15) is 0 Å². The van der Waals surface area contributed by atoms with Gasteiger partial charge in [0.05, 0.1) is 12.0 Å². The van der Waals surface area contributed by atoms with Crippen molar-refractivity contribution in [2.45, 2.75) is 116 Å². The van der Waals surface area contributed by atoms with E-state index in [9.17, 15) is 24.3 Å². The number of amides is 1. The summed E-state index contributed by atoms with van der Waals surface area (Å²) in [5.74, 6) is -3.44. The van der Waals surface area contributed by atoms with E-state index in [1.54, 1.807) is 7.11 Å². The van der Waals surface area contributed by atoms with Crippen LogP contribution in [0.25, 0.3) is 0 Å². The van der Waals surface area contributed by atoms with Gasteiger partial charge in [-0.05, 0) is 31.8 Å². The Bertz CT molecular complexity index is 869. The Labute approximate surface area is 237 Å². The largest absolute Gasteiger partial charge is 0.459 e. The van der Waals surface area contributed by atoms with E-state index in [2.05, 4.69) is 12.2 Å². The molecule has 5 atom stereocenters. The molecule has 2 N–H and O–H groups in total. The number of esters is 2. The van der Waals surface area contributed by atoms with Crippen molar-refractivity contribution in [3.63, 3.8) is 0 Å². The first-order valence-corrected chi connectivity index (χ1v) is 14.3. The van der Waals surface area contributed by atoms with Gasteiger partial charge in [0.15, 0.2) is 11.9 Å². The number of nitrogens with one attached hydrogen (secondary N) is 1. The Hall–Kier alpha value is -2.23. The number of hydrogen-bond donors (Lipinski definition) is 2. The van der Waals surface area contributed by atoms with Crippen LogP contribution in [0.15, 0.2) is 23.3 Å². The van der Waals surface area contributed by atoms with Gasteiger partial charge in [0.2, 0.25) is 5.91 Å². The van der Waals surface area contributed by atoms with Crippen LogP contribution in [0.3, 0.4) is 0 Å². The Morgan fingerprint density at radius 2 is 1.79 bits per heavy atom. The number of carbonyl (C=O) groups excluding carboxylic acids is 4. The van der Waals surface area contributed by atoms with Crippen molar-refractivity contribution in [1.82, 2.24) is 5.32 Å². The molecule has 0 aromatic carbocycles. The van der Waals surface area contributed by atoms with Crippen LogP contribution < -0.4 is 5.32 Å². The van der Waals surface area contributed by atoms with Gasteiger partial charge in [0.25, 0.3) is 0 Å². The van der Waals surface area contributed by atoms with Gasteiger partial charge >= 0.3 is 11.9 Å². The maximum absolute atomic E-state index is 13.2. The second-order valence-electron chi connectivity index (χ2n) is 10.3. The minimum absolute atomic E-state index is 0.109. The van der Waals surface area contributed by atoms with Crippen molar-refractivity contribution in [3.05, 3.63) is 23.3 Å². The molecule has 0 heterocycles. The number of unbranched alkanes of at least 4 members (excludes halogenated alkanes) is 4. The summed E-state index contributed by atoms with van der Waals surface area (Å²) in [6.07, 6.45) is 10.3. The quantitative estimate of drug-likeness (QED) is 0.148. The van der Waals surface area contributed by atoms with E-state index in [1.807, 2.05) is 12.2 Å². The molecule has 0 saturated heterocycles. The lowest BCUT2D eigenvalue weighted by molar-refractivity contribution is -0.191. The average molecular weight is 572 g/mol. The summed E-state index contributed by atoms with van der Waals surface area (Å²) < 4.78 is 15.9. The predicted octanol–water partition coefficient (Wildman–Crippen LogP) is 4.53. The second kappa shape index (κ2) is 18.2. The maximum Gasteiger partial charge on any atom is 0.303 e. The number of methoxy groups -OCH3 is 1. The van der Waals surface area contributed by atoms with Crippen molar-refractivity contribution in [2.75, 3.05) is 13.7 Å². The van der Waals surface area contributed by atoms with Crippen LogP contribution in [-0.2, 0) is 33.4 Å². The van der Waals surface area contributed by atoms with Crippen LogP contribution in [0.2, 0.25) is 0 Å². The third-order valence-electron chi connectivity index (χ3n) is 6.95. The zero-order valence-corrected chi connectivity index (χ0v) is 24.8. The minimum Gasteiger partial charge on any atom is -0.459 e. The van der Waals surface area contributed by atoms with E-state index >= 15 is 0 Å². The Morgan fingerprint density at radius 1 is 1.13 bits per heavy atom. The zero-order valence-electron chi connectivity index (χ0n) is 24.0. The van der Waals surface area contributed by atoms with Gasteiger partial charge in [-0.15, -0.1) is 0 Å². The van der Waals surface area contributed by atoms with Gasteiger partial charge < -0.3 is 24.6 Å². The van der Waals surface area contributed by atoms with Crippen LogP contribution in [0.1, 0.15) is 91.9 Å². The van der Waals surface area contributed by atoms with E-state index < -0.39 is 41.4 Å². The summed E-state index contributed by atoms with van der Waals surface area (Å²) in [5, 5.41) is 13.9. The van der Waals surface area contributed by atoms with E-state index in [4.69, 9.17) is 25.8 Å². The number of Topliss-reactive ketones (excluding diaryl/α,β-unsaturated/α-hetero) is 1. The van der Waals surface area contributed by atoms with Crippen molar-refractivity contribution < 1.29 is 38.5 Å². The highest BCUT2D eigenvalue weighted by Gasteiger charge is 2.55. The monoisotopic (exact) mass is 571 g/mol. The highest BCUT2D eigenvalue weighted by molar-refractivity contribution is 6.26. The molecule has 10 heteroatoms. The summed E-state index contributed by atoms with van der Waals surface area (Å²) in [7, 11) is 1.72. The number of ether oxygens (including phenoxy) is 3. The molecule has 0 aliphatic heterocycles. The molecule has 39 heavy (non-hydrogen) atoms. The van der Waals surface area contributed by atoms with Gasteiger partial charge in [-0.25, -0.2) is 0 Å². The minimum atomic E-state index is -1.83. The number of hydrogen-bond acceptors (Lipinski definition) is 8. The summed E-state index contributed by atoms with van der Waals surface area (Å²) in [4.78, 5) is 48.8. The van der Waals surface area contributed by atoms with E-state index in [0.717, 1.165) is 31.7 Å². The molecule has 1 saturated carbocycles. The topological polar surface area (TPSA) is 128 Å². The predicted molar refractivity (Wildman–Crippen MR) is 149 cm³/mol. The molecule has 5 unspecified atom stereocenters. The smallest absolute Gasteiger partial charge is 0.303 e. The van der Waals surface area contributed by atoms with Crippen LogP contribution >= 0.6 is 11.6 Å². The van der Waals surface area contributed by atoms with Crippen molar-refractivity contribution in [1.29, 1.82) is 0 Å². The van der Waals surface area contributed by atoms with E-state index in [0.29, 0.717) is 6.42 Å². The normalized spacial score (nSPS) is 24.4. The summed E-state index contributed by atoms with van der Waals surface area (Å²) in [6, 6.07) is 0. The number of halogens is 1. The summed E-state index contributed by atoms with van der Waals surface area (Å²) in [5.41, 5.74) is -0.501. The maximum atomic E-state index is 13.2. The molecule has 0 aromatic rings. The molecular formula is C29H46ClNO8. The van der Waals surface area contributed by atoms with Crippen molar-refractivity contribution >= 4 is 35.2 Å². The molecule has 1 fully saturated rings. The zero-order chi connectivity index (χ0) is 29.4. The molecule has 0 spiro atoms. The number of aliphatic hydroxyl groups is 1.